The molecule has 6 nitrogen and oxygen atoms in total. The quantitative estimate of drug-likeness (QED) is 0.895. The summed E-state index contributed by atoms with van der Waals surface area (Å²) < 4.78 is 28.5. The summed E-state index contributed by atoms with van der Waals surface area (Å²) in [6.45, 7) is 6.26. The highest BCUT2D eigenvalue weighted by atomic mass is 19.1. The van der Waals surface area contributed by atoms with Gasteiger partial charge in [0.25, 0.3) is 5.91 Å². The van der Waals surface area contributed by atoms with Crippen LogP contribution in [0.3, 0.4) is 0 Å². The van der Waals surface area contributed by atoms with Crippen LogP contribution in [0.5, 0.6) is 0 Å². The summed E-state index contributed by atoms with van der Waals surface area (Å²) in [5.41, 5.74) is 1.01. The maximum atomic E-state index is 14.0. The summed E-state index contributed by atoms with van der Waals surface area (Å²) in [4.78, 5) is 16.8. The van der Waals surface area contributed by atoms with Gasteiger partial charge in [0.15, 0.2) is 5.82 Å². The third-order valence-electron chi connectivity index (χ3n) is 4.77. The van der Waals surface area contributed by atoms with E-state index >= 15 is 0 Å². The summed E-state index contributed by atoms with van der Waals surface area (Å²) in [5.74, 6) is -1.56. The van der Waals surface area contributed by atoms with Crippen molar-refractivity contribution in [3.8, 4) is 5.69 Å². The van der Waals surface area contributed by atoms with E-state index in [0.717, 1.165) is 12.1 Å². The molecule has 0 aliphatic carbocycles. The molecular formula is C18H22F2N4O2. The molecule has 0 radical (unpaired) electrons. The number of nitrogens with zero attached hydrogens (tertiary/aromatic N) is 4. The number of hydrogen-bond acceptors (Lipinski definition) is 4. The Kier molecular flexibility index (Phi) is 5.33. The zero-order chi connectivity index (χ0) is 18.8. The Morgan fingerprint density at radius 3 is 2.77 bits per heavy atom. The number of hydrogen-bond donors (Lipinski definition) is 1. The Balaban J connectivity index is 1.82. The molecule has 3 rings (SSSR count). The van der Waals surface area contributed by atoms with Crippen LogP contribution in [0.1, 0.15) is 23.0 Å². The highest BCUT2D eigenvalue weighted by Gasteiger charge is 2.30. The fourth-order valence-electron chi connectivity index (χ4n) is 3.35. The van der Waals surface area contributed by atoms with Crippen molar-refractivity contribution < 1.29 is 18.7 Å². The van der Waals surface area contributed by atoms with Crippen LogP contribution in [-0.2, 0) is 0 Å². The number of carbonyl (C=O) groups is 1. The number of piperazine rings is 1. The van der Waals surface area contributed by atoms with Gasteiger partial charge in [-0.05, 0) is 26.0 Å². The molecule has 140 valence electrons. The number of carbonyl (C=O) groups excluding carboxylic acids is 1. The summed E-state index contributed by atoms with van der Waals surface area (Å²) >= 11 is 0. The van der Waals surface area contributed by atoms with Crippen molar-refractivity contribution in [3.63, 3.8) is 0 Å². The van der Waals surface area contributed by atoms with Gasteiger partial charge in [0.05, 0.1) is 24.1 Å². The lowest BCUT2D eigenvalue weighted by Crippen LogP contribution is -2.54. The molecule has 1 saturated heterocycles. The first kappa shape index (κ1) is 18.5. The molecule has 8 heteroatoms. The average molecular weight is 364 g/mol. The normalized spacial score (nSPS) is 18.3. The molecule has 26 heavy (non-hydrogen) atoms. The Hall–Kier alpha value is -2.32. The van der Waals surface area contributed by atoms with Gasteiger partial charge < -0.3 is 10.0 Å². The average Bonchev–Trinajstić information content (AvgIpc) is 2.96. The van der Waals surface area contributed by atoms with Gasteiger partial charge in [0, 0.05) is 38.3 Å². The fraction of sp³-hybridized carbons (Fsp3) is 0.444. The van der Waals surface area contributed by atoms with Crippen LogP contribution < -0.4 is 0 Å². The smallest absolute Gasteiger partial charge is 0.257 e. The van der Waals surface area contributed by atoms with E-state index in [4.69, 9.17) is 5.11 Å². The van der Waals surface area contributed by atoms with Crippen LogP contribution in [0.2, 0.25) is 0 Å². The summed E-state index contributed by atoms with van der Waals surface area (Å²) in [6, 6.07) is 3.24. The lowest BCUT2D eigenvalue weighted by molar-refractivity contribution is 0.0457. The standard InChI is InChI=1S/C18H22F2N4O2/c1-12-11-22(7-8-25)5-6-23(12)18(26)15-10-21-24(13(15)2)17-4-3-14(19)9-16(17)20/h3-4,9-10,12,25H,5-8,11H2,1-2H3. The van der Waals surface area contributed by atoms with E-state index in [1.165, 1.54) is 16.9 Å². The van der Waals surface area contributed by atoms with Crippen molar-refractivity contribution in [1.29, 1.82) is 0 Å². The van der Waals surface area contributed by atoms with Crippen LogP contribution in [0.4, 0.5) is 8.78 Å². The second-order valence-corrected chi connectivity index (χ2v) is 6.52. The molecule has 1 atom stereocenters. The minimum atomic E-state index is -0.735. The van der Waals surface area contributed by atoms with Crippen LogP contribution >= 0.6 is 0 Å². The van der Waals surface area contributed by atoms with Crippen molar-refractivity contribution in [2.24, 2.45) is 0 Å². The van der Waals surface area contributed by atoms with E-state index in [2.05, 4.69) is 10.00 Å². The van der Waals surface area contributed by atoms with Crippen LogP contribution in [0.25, 0.3) is 5.69 Å². The predicted octanol–water partition coefficient (Wildman–Crippen LogP) is 1.60. The molecular weight excluding hydrogens is 342 g/mol. The minimum Gasteiger partial charge on any atom is -0.395 e. The molecule has 1 fully saturated rings. The second-order valence-electron chi connectivity index (χ2n) is 6.52. The predicted molar refractivity (Wildman–Crippen MR) is 92.2 cm³/mol. The zero-order valence-corrected chi connectivity index (χ0v) is 14.8. The number of rotatable bonds is 4. The van der Waals surface area contributed by atoms with Crippen molar-refractivity contribution in [1.82, 2.24) is 19.6 Å². The van der Waals surface area contributed by atoms with Crippen LogP contribution in [0.15, 0.2) is 24.4 Å². The largest absolute Gasteiger partial charge is 0.395 e. The third kappa shape index (κ3) is 3.47. The number of benzene rings is 1. The molecule has 1 aliphatic rings. The Bertz CT molecular complexity index is 808. The molecule has 2 aromatic rings. The van der Waals surface area contributed by atoms with Gasteiger partial charge in [0.1, 0.15) is 11.5 Å². The summed E-state index contributed by atoms with van der Waals surface area (Å²) in [5, 5.41) is 13.2. The second kappa shape index (κ2) is 7.51. The first-order chi connectivity index (χ1) is 12.4. The van der Waals surface area contributed by atoms with Crippen molar-refractivity contribution >= 4 is 5.91 Å². The topological polar surface area (TPSA) is 61.6 Å². The van der Waals surface area contributed by atoms with Crippen molar-refractivity contribution in [2.75, 3.05) is 32.8 Å². The third-order valence-corrected chi connectivity index (χ3v) is 4.77. The Labute approximate surface area is 150 Å². The minimum absolute atomic E-state index is 0.00638. The number of halogens is 2. The molecule has 1 aromatic heterocycles. The first-order valence-electron chi connectivity index (χ1n) is 8.56. The molecule has 2 heterocycles. The molecule has 1 aliphatic heterocycles. The molecule has 1 amide bonds. The first-order valence-corrected chi connectivity index (χ1v) is 8.56. The van der Waals surface area contributed by atoms with E-state index < -0.39 is 11.6 Å². The number of β-amino-alcohol motifs (C(OH)–C–C–N with tert-alkyl or cyclic N) is 1. The van der Waals surface area contributed by atoms with Gasteiger partial charge in [-0.3, -0.25) is 9.69 Å². The van der Waals surface area contributed by atoms with E-state index in [-0.39, 0.29) is 24.2 Å². The van der Waals surface area contributed by atoms with E-state index in [0.29, 0.717) is 37.4 Å². The Morgan fingerprint density at radius 1 is 1.35 bits per heavy atom. The molecule has 1 unspecified atom stereocenters. The lowest BCUT2D eigenvalue weighted by Gasteiger charge is -2.39. The van der Waals surface area contributed by atoms with Gasteiger partial charge in [0.2, 0.25) is 0 Å². The zero-order valence-electron chi connectivity index (χ0n) is 14.8. The SMILES string of the molecule is Cc1c(C(=O)N2CCN(CCO)CC2C)cnn1-c1ccc(F)cc1F. The highest BCUT2D eigenvalue weighted by molar-refractivity contribution is 5.95. The van der Waals surface area contributed by atoms with Gasteiger partial charge >= 0.3 is 0 Å². The molecule has 1 N–H and O–H groups in total. The number of amides is 1. The van der Waals surface area contributed by atoms with Crippen LogP contribution in [-0.4, -0.2) is 69.4 Å². The molecule has 0 bridgehead atoms. The Morgan fingerprint density at radius 2 is 2.12 bits per heavy atom. The molecule has 0 spiro atoms. The van der Waals surface area contributed by atoms with Gasteiger partial charge in [-0.1, -0.05) is 0 Å². The van der Waals surface area contributed by atoms with E-state index in [9.17, 15) is 13.6 Å². The van der Waals surface area contributed by atoms with Gasteiger partial charge in [-0.25, -0.2) is 13.5 Å². The number of aromatic nitrogens is 2. The number of aliphatic hydroxyl groups excluding tert-OH is 1. The van der Waals surface area contributed by atoms with E-state index in [1.807, 2.05) is 6.92 Å². The van der Waals surface area contributed by atoms with E-state index in [1.54, 1.807) is 11.8 Å². The molecule has 1 aromatic carbocycles. The fourth-order valence-corrected chi connectivity index (χ4v) is 3.35. The van der Waals surface area contributed by atoms with Crippen molar-refractivity contribution in [3.05, 3.63) is 47.3 Å². The van der Waals surface area contributed by atoms with Gasteiger partial charge in [-0.2, -0.15) is 5.10 Å². The maximum absolute atomic E-state index is 14.0. The van der Waals surface area contributed by atoms with Crippen molar-refractivity contribution in [2.45, 2.75) is 19.9 Å². The summed E-state index contributed by atoms with van der Waals surface area (Å²) in [6.07, 6.45) is 1.42. The van der Waals surface area contributed by atoms with Gasteiger partial charge in [-0.15, -0.1) is 0 Å². The lowest BCUT2D eigenvalue weighted by atomic mass is 10.1. The summed E-state index contributed by atoms with van der Waals surface area (Å²) in [7, 11) is 0. The monoisotopic (exact) mass is 364 g/mol. The van der Waals surface area contributed by atoms with Crippen LogP contribution in [0, 0.1) is 18.6 Å². The molecule has 0 saturated carbocycles. The number of aliphatic hydroxyl groups is 1. The maximum Gasteiger partial charge on any atom is 0.257 e. The highest BCUT2D eigenvalue weighted by Crippen LogP contribution is 2.21.